The second-order valence-electron chi connectivity index (χ2n) is 19.6. The average Bonchev–Trinajstić information content (AvgIpc) is 4.09. The molecule has 0 saturated carbocycles. The lowest BCUT2D eigenvalue weighted by atomic mass is 9.87. The zero-order chi connectivity index (χ0) is 49.6. The summed E-state index contributed by atoms with van der Waals surface area (Å²) in [6, 6.07) is 20.7. The van der Waals surface area contributed by atoms with Crippen LogP contribution >= 0.6 is 24.8 Å². The predicted molar refractivity (Wildman–Crippen MR) is 284 cm³/mol. The third-order valence-electron chi connectivity index (χ3n) is 14.8. The molecular weight excluding hydrogens is 956 g/mol. The lowest BCUT2D eigenvalue weighted by Crippen LogP contribution is -2.56. The minimum atomic E-state index is -0.802. The number of nitrogens with one attached hydrogen (secondary N) is 8. The summed E-state index contributed by atoms with van der Waals surface area (Å²) in [4.78, 5) is 85.4. The van der Waals surface area contributed by atoms with Crippen molar-refractivity contribution < 1.29 is 28.8 Å². The molecule has 2 aliphatic heterocycles. The summed E-state index contributed by atoms with van der Waals surface area (Å²) in [6.45, 7) is 6.42. The van der Waals surface area contributed by atoms with Crippen LogP contribution < -0.4 is 42.5 Å². The summed E-state index contributed by atoms with van der Waals surface area (Å²) in [5.41, 5.74) is 6.90. The van der Waals surface area contributed by atoms with Gasteiger partial charge in [0.05, 0.1) is 24.2 Å². The molecule has 0 radical (unpaired) electrons. The standard InChI is InChI=1S/C54H76N10O6.2ClH/c1-35(55-3)49(65)61-45(53(69)63-31-11-21-47(63)51(67)59-43-19-9-15-39-13-5-7-17-41(39)43)27-29-57-33-37-23-25-38(26-24-37)34-58-30-28-46(62-50(66)36(2)56-4)54(70)64-32-12-22-48(64)52(68)60-44-20-10-16-40-14-6-8-18-42(40)44;;/h5-8,13-14,17-18,23-26,35-36,43-48,55-58H,9-12,15-16,19-22,27-34H2,1-4H3,(H,59,67)(H,60,68)(H,61,65)(H,62,66);2*1H/t35-,36-,43-,44-,45-,46-,47-,48-;;/m0../s1. The van der Waals surface area contributed by atoms with E-state index in [-0.39, 0.29) is 72.3 Å². The molecule has 8 N–H and O–H groups in total. The lowest BCUT2D eigenvalue weighted by Gasteiger charge is -2.32. The second kappa shape index (κ2) is 28.4. The smallest absolute Gasteiger partial charge is 0.245 e. The van der Waals surface area contributed by atoms with Gasteiger partial charge in [-0.1, -0.05) is 72.8 Å². The van der Waals surface area contributed by atoms with Crippen molar-refractivity contribution in [2.24, 2.45) is 0 Å². The number of nitrogens with zero attached hydrogens (tertiary/aromatic N) is 2. The van der Waals surface area contributed by atoms with E-state index in [0.717, 1.165) is 60.8 Å². The number of hydrogen-bond acceptors (Lipinski definition) is 10. The van der Waals surface area contributed by atoms with E-state index < -0.39 is 36.3 Å². The van der Waals surface area contributed by atoms with Crippen molar-refractivity contribution >= 4 is 60.3 Å². The highest BCUT2D eigenvalue weighted by Gasteiger charge is 2.40. The molecule has 0 bridgehead atoms. The van der Waals surface area contributed by atoms with Crippen molar-refractivity contribution in [2.75, 3.05) is 40.3 Å². The van der Waals surface area contributed by atoms with E-state index in [1.165, 1.54) is 11.1 Å². The first-order valence-electron chi connectivity index (χ1n) is 25.8. The number of halogens is 2. The molecule has 2 heterocycles. The molecule has 0 unspecified atom stereocenters. The van der Waals surface area contributed by atoms with Crippen LogP contribution in [0, 0.1) is 0 Å². The maximum atomic E-state index is 14.2. The third-order valence-corrected chi connectivity index (χ3v) is 14.8. The molecule has 7 rings (SSSR count). The number of rotatable bonds is 22. The van der Waals surface area contributed by atoms with Gasteiger partial charge in [0, 0.05) is 26.2 Å². The summed E-state index contributed by atoms with van der Waals surface area (Å²) in [6.07, 6.45) is 8.99. The van der Waals surface area contributed by atoms with Gasteiger partial charge < -0.3 is 52.3 Å². The van der Waals surface area contributed by atoms with Gasteiger partial charge in [0.15, 0.2) is 0 Å². The van der Waals surface area contributed by atoms with Crippen LogP contribution in [-0.4, -0.2) is 122 Å². The van der Waals surface area contributed by atoms with Crippen LogP contribution in [0.4, 0.5) is 0 Å². The van der Waals surface area contributed by atoms with E-state index in [1.807, 2.05) is 48.5 Å². The summed E-state index contributed by atoms with van der Waals surface area (Å²) in [7, 11) is 3.40. The van der Waals surface area contributed by atoms with Crippen molar-refractivity contribution in [3.63, 3.8) is 0 Å². The van der Waals surface area contributed by atoms with Gasteiger partial charge in [0.1, 0.15) is 24.2 Å². The molecule has 0 aromatic heterocycles. The zero-order valence-corrected chi connectivity index (χ0v) is 44.1. The van der Waals surface area contributed by atoms with Crippen LogP contribution in [0.15, 0.2) is 72.8 Å². The molecule has 6 amide bonds. The number of carbonyl (C=O) groups is 6. The number of amides is 6. The largest absolute Gasteiger partial charge is 0.347 e. The molecule has 3 aromatic rings. The number of carbonyl (C=O) groups excluding carboxylic acids is 6. The van der Waals surface area contributed by atoms with Crippen LogP contribution in [-0.2, 0) is 54.7 Å². The summed E-state index contributed by atoms with van der Waals surface area (Å²) >= 11 is 0. The Labute approximate surface area is 438 Å². The SMILES string of the molecule is CN[C@@H](C)C(=O)N[C@@H](CCNCc1ccc(CNCC[C@H](NC(=O)[C@H](C)NC)C(=O)N2CCC[C@H]2C(=O)N[C@H]2CCCc3ccccc32)cc1)C(=O)N1CCC[C@H]1C(=O)N[C@H]1CCCc2ccccc21.Cl.Cl. The summed E-state index contributed by atoms with van der Waals surface area (Å²) in [5, 5.41) is 25.2. The first-order valence-corrected chi connectivity index (χ1v) is 25.8. The molecule has 0 spiro atoms. The highest BCUT2D eigenvalue weighted by atomic mass is 35.5. The molecule has 8 atom stereocenters. The van der Waals surface area contributed by atoms with Gasteiger partial charge in [-0.25, -0.2) is 0 Å². The third kappa shape index (κ3) is 15.0. The van der Waals surface area contributed by atoms with Crippen LogP contribution in [0.1, 0.15) is 124 Å². The van der Waals surface area contributed by atoms with Gasteiger partial charge in [-0.3, -0.25) is 28.8 Å². The van der Waals surface area contributed by atoms with Crippen LogP contribution in [0.5, 0.6) is 0 Å². The highest BCUT2D eigenvalue weighted by molar-refractivity contribution is 5.94. The maximum Gasteiger partial charge on any atom is 0.245 e. The Kier molecular flexibility index (Phi) is 22.8. The topological polar surface area (TPSA) is 205 Å². The number of likely N-dealkylation sites (N-methyl/N-ethyl adjacent to an activating group) is 2. The van der Waals surface area contributed by atoms with E-state index in [2.05, 4.69) is 66.8 Å². The van der Waals surface area contributed by atoms with Gasteiger partial charge in [-0.15, -0.1) is 24.8 Å². The fraction of sp³-hybridized carbons (Fsp3) is 0.556. The van der Waals surface area contributed by atoms with Crippen molar-refractivity contribution in [3.05, 3.63) is 106 Å². The zero-order valence-electron chi connectivity index (χ0n) is 42.4. The van der Waals surface area contributed by atoms with Crippen molar-refractivity contribution in [3.8, 4) is 0 Å². The molecule has 72 heavy (non-hydrogen) atoms. The Morgan fingerprint density at radius 1 is 0.542 bits per heavy atom. The maximum absolute atomic E-state index is 14.2. The van der Waals surface area contributed by atoms with E-state index in [4.69, 9.17) is 0 Å². The molecule has 2 saturated heterocycles. The molecule has 3 aromatic carbocycles. The van der Waals surface area contributed by atoms with Gasteiger partial charge >= 0.3 is 0 Å². The second-order valence-corrected chi connectivity index (χ2v) is 19.6. The van der Waals surface area contributed by atoms with E-state index in [9.17, 15) is 28.8 Å². The molecule has 18 heteroatoms. The monoisotopic (exact) mass is 1030 g/mol. The fourth-order valence-corrected chi connectivity index (χ4v) is 10.5. The highest BCUT2D eigenvalue weighted by Crippen LogP contribution is 2.32. The number of likely N-dealkylation sites (tertiary alicyclic amines) is 2. The van der Waals surface area contributed by atoms with E-state index in [0.29, 0.717) is 77.8 Å². The molecular formula is C54H78Cl2N10O6. The van der Waals surface area contributed by atoms with Gasteiger partial charge in [0.25, 0.3) is 0 Å². The predicted octanol–water partition coefficient (Wildman–Crippen LogP) is 4.04. The Hall–Kier alpha value is -5.10. The first-order chi connectivity index (χ1) is 33.9. The van der Waals surface area contributed by atoms with Crippen molar-refractivity contribution in [2.45, 2.75) is 152 Å². The number of aryl methyl sites for hydroxylation is 2. The first kappa shape index (κ1) is 57.8. The Balaban J connectivity index is 0.00000481. The van der Waals surface area contributed by atoms with Gasteiger partial charge in [-0.2, -0.15) is 0 Å². The summed E-state index contributed by atoms with van der Waals surface area (Å²) < 4.78 is 0. The Bertz CT molecular complexity index is 2130. The molecule has 394 valence electrons. The van der Waals surface area contributed by atoms with Crippen molar-refractivity contribution in [1.82, 2.24) is 52.3 Å². The minimum Gasteiger partial charge on any atom is -0.347 e. The van der Waals surface area contributed by atoms with Crippen molar-refractivity contribution in [1.29, 1.82) is 0 Å². The Morgan fingerprint density at radius 2 is 0.931 bits per heavy atom. The van der Waals surface area contributed by atoms with Gasteiger partial charge in [0.2, 0.25) is 35.4 Å². The normalized spacial score (nSPS) is 20.8. The Morgan fingerprint density at radius 3 is 1.32 bits per heavy atom. The number of benzene rings is 3. The molecule has 16 nitrogen and oxygen atoms in total. The molecule has 4 aliphatic rings. The number of fused-ring (bicyclic) bond motifs is 2. The fourth-order valence-electron chi connectivity index (χ4n) is 10.5. The van der Waals surface area contributed by atoms with E-state index in [1.54, 1.807) is 37.7 Å². The lowest BCUT2D eigenvalue weighted by molar-refractivity contribution is -0.142. The average molecular weight is 1030 g/mol. The quantitative estimate of drug-likeness (QED) is 0.0679. The van der Waals surface area contributed by atoms with E-state index >= 15 is 0 Å². The number of hydrogen-bond donors (Lipinski definition) is 8. The van der Waals surface area contributed by atoms with Crippen LogP contribution in [0.25, 0.3) is 0 Å². The summed E-state index contributed by atoms with van der Waals surface area (Å²) in [5.74, 6) is -1.33. The molecule has 2 fully saturated rings. The minimum absolute atomic E-state index is 0. The van der Waals surface area contributed by atoms with Crippen LogP contribution in [0.2, 0.25) is 0 Å². The molecule has 2 aliphatic carbocycles. The van der Waals surface area contributed by atoms with Gasteiger partial charge in [-0.05, 0) is 151 Å². The van der Waals surface area contributed by atoms with Crippen LogP contribution in [0.3, 0.4) is 0 Å².